The summed E-state index contributed by atoms with van der Waals surface area (Å²) in [4.78, 5) is 23.4. The summed E-state index contributed by atoms with van der Waals surface area (Å²) in [5, 5.41) is 0. The van der Waals surface area contributed by atoms with Crippen LogP contribution in [0.3, 0.4) is 0 Å². The van der Waals surface area contributed by atoms with E-state index in [2.05, 4.69) is 15.9 Å². The molecule has 0 bridgehead atoms. The van der Waals surface area contributed by atoms with E-state index < -0.39 is 0 Å². The highest BCUT2D eigenvalue weighted by molar-refractivity contribution is 9.10. The molecule has 0 atom stereocenters. The van der Waals surface area contributed by atoms with Gasteiger partial charge in [-0.3, -0.25) is 9.59 Å². The maximum atomic E-state index is 12.2. The second-order valence-corrected chi connectivity index (χ2v) is 5.18. The first-order valence-corrected chi connectivity index (χ1v) is 7.05. The summed E-state index contributed by atoms with van der Waals surface area (Å²) < 4.78 is 11.2. The van der Waals surface area contributed by atoms with Gasteiger partial charge in [0.2, 0.25) is 0 Å². The molecule has 19 heavy (non-hydrogen) atoms. The molecule has 1 aromatic rings. The van der Waals surface area contributed by atoms with Crippen LogP contribution in [0, 0.1) is 0 Å². The molecule has 0 aliphatic carbocycles. The van der Waals surface area contributed by atoms with Crippen LogP contribution in [-0.4, -0.2) is 25.0 Å². The van der Waals surface area contributed by atoms with Gasteiger partial charge in [-0.2, -0.15) is 0 Å². The Morgan fingerprint density at radius 1 is 1.37 bits per heavy atom. The summed E-state index contributed by atoms with van der Waals surface area (Å²) in [7, 11) is 0. The Bertz CT molecular complexity index is 510. The lowest BCUT2D eigenvalue weighted by atomic mass is 10.0. The van der Waals surface area contributed by atoms with E-state index in [1.807, 2.05) is 6.07 Å². The van der Waals surface area contributed by atoms with Crippen LogP contribution in [0.25, 0.3) is 0 Å². The minimum Gasteiger partial charge on any atom is -0.492 e. The number of hydrogen-bond acceptors (Lipinski definition) is 4. The van der Waals surface area contributed by atoms with Gasteiger partial charge in [0.25, 0.3) is 0 Å². The molecule has 0 N–H and O–H groups in total. The van der Waals surface area contributed by atoms with E-state index in [0.717, 1.165) is 16.5 Å². The van der Waals surface area contributed by atoms with Gasteiger partial charge in [0.1, 0.15) is 5.75 Å². The lowest BCUT2D eigenvalue weighted by Crippen LogP contribution is -2.08. The van der Waals surface area contributed by atoms with Gasteiger partial charge in [0.15, 0.2) is 5.78 Å². The number of halogens is 1. The van der Waals surface area contributed by atoms with Crippen LogP contribution >= 0.6 is 15.9 Å². The Hall–Kier alpha value is -1.36. The molecular formula is C14H15BrO4. The average molecular weight is 327 g/mol. The van der Waals surface area contributed by atoms with Crippen LogP contribution in [0.1, 0.15) is 35.7 Å². The number of fused-ring (bicyclic) bond motifs is 1. The molecule has 5 heteroatoms. The van der Waals surface area contributed by atoms with Gasteiger partial charge < -0.3 is 9.47 Å². The van der Waals surface area contributed by atoms with Gasteiger partial charge in [0, 0.05) is 17.3 Å². The number of esters is 1. The van der Waals surface area contributed by atoms with Crippen LogP contribution in [0.4, 0.5) is 0 Å². The van der Waals surface area contributed by atoms with E-state index in [9.17, 15) is 9.59 Å². The quantitative estimate of drug-likeness (QED) is 0.616. The second kappa shape index (κ2) is 6.19. The van der Waals surface area contributed by atoms with Gasteiger partial charge in [0.05, 0.1) is 25.2 Å². The van der Waals surface area contributed by atoms with E-state index in [1.165, 1.54) is 0 Å². The summed E-state index contributed by atoms with van der Waals surface area (Å²) >= 11 is 3.39. The van der Waals surface area contributed by atoms with Crippen molar-refractivity contribution in [1.29, 1.82) is 0 Å². The lowest BCUT2D eigenvalue weighted by molar-refractivity contribution is -0.143. The number of ketones is 1. The van der Waals surface area contributed by atoms with Gasteiger partial charge in [-0.05, 0) is 24.6 Å². The Balaban J connectivity index is 2.09. The van der Waals surface area contributed by atoms with E-state index in [4.69, 9.17) is 9.47 Å². The molecule has 0 spiro atoms. The van der Waals surface area contributed by atoms with Crippen molar-refractivity contribution in [3.05, 3.63) is 27.7 Å². The van der Waals surface area contributed by atoms with Gasteiger partial charge >= 0.3 is 5.97 Å². The summed E-state index contributed by atoms with van der Waals surface area (Å²) in [6.07, 6.45) is 1.06. The summed E-state index contributed by atoms with van der Waals surface area (Å²) in [5.74, 6) is 0.230. The number of carbonyl (C=O) groups is 2. The first-order valence-electron chi connectivity index (χ1n) is 6.26. The van der Waals surface area contributed by atoms with Crippen molar-refractivity contribution < 1.29 is 19.1 Å². The zero-order chi connectivity index (χ0) is 13.8. The van der Waals surface area contributed by atoms with Crippen LogP contribution in [0.15, 0.2) is 16.6 Å². The number of ether oxygens (including phenoxy) is 2. The Morgan fingerprint density at radius 2 is 2.16 bits per heavy atom. The molecular weight excluding hydrogens is 312 g/mol. The average Bonchev–Trinajstić information content (AvgIpc) is 2.83. The third-order valence-electron chi connectivity index (χ3n) is 2.91. The normalized spacial score (nSPS) is 12.7. The smallest absolute Gasteiger partial charge is 0.306 e. The van der Waals surface area contributed by atoms with Crippen molar-refractivity contribution in [3.8, 4) is 5.75 Å². The first-order chi connectivity index (χ1) is 9.11. The highest BCUT2D eigenvalue weighted by Crippen LogP contribution is 2.33. The lowest BCUT2D eigenvalue weighted by Gasteiger charge is -2.08. The zero-order valence-electron chi connectivity index (χ0n) is 10.7. The number of Topliss-reactive ketones (excluding diaryl/α,β-unsaturated/α-hetero) is 1. The number of hydrogen-bond donors (Lipinski definition) is 0. The van der Waals surface area contributed by atoms with Gasteiger partial charge in [-0.1, -0.05) is 15.9 Å². The Labute approximate surface area is 120 Å². The number of carbonyl (C=O) groups excluding carboxylic acids is 2. The van der Waals surface area contributed by atoms with Crippen LogP contribution in [0.5, 0.6) is 5.75 Å². The molecule has 0 unspecified atom stereocenters. The zero-order valence-corrected chi connectivity index (χ0v) is 12.3. The Kier molecular flexibility index (Phi) is 4.58. The molecule has 1 aliphatic rings. The van der Waals surface area contributed by atoms with Crippen LogP contribution in [-0.2, 0) is 16.0 Å². The van der Waals surface area contributed by atoms with E-state index in [0.29, 0.717) is 24.5 Å². The molecule has 1 aromatic carbocycles. The fourth-order valence-electron chi connectivity index (χ4n) is 2.06. The summed E-state index contributed by atoms with van der Waals surface area (Å²) in [6, 6.07) is 3.71. The van der Waals surface area contributed by atoms with Crippen molar-refractivity contribution in [2.24, 2.45) is 0 Å². The summed E-state index contributed by atoms with van der Waals surface area (Å²) in [5.41, 5.74) is 1.58. The fraction of sp³-hybridized carbons (Fsp3) is 0.429. The van der Waals surface area contributed by atoms with Crippen LogP contribution < -0.4 is 4.74 Å². The van der Waals surface area contributed by atoms with E-state index >= 15 is 0 Å². The molecule has 1 aliphatic heterocycles. The van der Waals surface area contributed by atoms with Crippen molar-refractivity contribution in [1.82, 2.24) is 0 Å². The van der Waals surface area contributed by atoms with Crippen molar-refractivity contribution in [2.45, 2.75) is 26.2 Å². The number of rotatable bonds is 5. The van der Waals surface area contributed by atoms with E-state index in [1.54, 1.807) is 13.0 Å². The molecule has 102 valence electrons. The molecule has 2 rings (SSSR count). The van der Waals surface area contributed by atoms with Crippen molar-refractivity contribution >= 4 is 27.7 Å². The highest BCUT2D eigenvalue weighted by atomic mass is 79.9. The molecule has 0 saturated heterocycles. The topological polar surface area (TPSA) is 52.6 Å². The van der Waals surface area contributed by atoms with Crippen molar-refractivity contribution in [3.63, 3.8) is 0 Å². The fourth-order valence-corrected chi connectivity index (χ4v) is 2.57. The molecule has 0 amide bonds. The maximum Gasteiger partial charge on any atom is 0.306 e. The molecule has 0 radical (unpaired) electrons. The van der Waals surface area contributed by atoms with Crippen LogP contribution in [0.2, 0.25) is 0 Å². The molecule has 4 nitrogen and oxygen atoms in total. The predicted octanol–water partition coefficient (Wildman–Crippen LogP) is 2.91. The predicted molar refractivity (Wildman–Crippen MR) is 73.5 cm³/mol. The number of benzene rings is 1. The minimum atomic E-state index is -0.344. The minimum absolute atomic E-state index is 0.0903. The molecule has 1 heterocycles. The third kappa shape index (κ3) is 3.35. The molecule has 0 aromatic heterocycles. The second-order valence-electron chi connectivity index (χ2n) is 4.27. The molecule has 0 fully saturated rings. The highest BCUT2D eigenvalue weighted by Gasteiger charge is 2.22. The standard InChI is InChI=1S/C14H15BrO4/c1-2-18-13(17)4-3-12(16)11-8-10(15)7-9-5-6-19-14(9)11/h7-8H,2-6H2,1H3. The van der Waals surface area contributed by atoms with E-state index in [-0.39, 0.29) is 24.6 Å². The Morgan fingerprint density at radius 3 is 2.89 bits per heavy atom. The molecule has 0 saturated carbocycles. The largest absolute Gasteiger partial charge is 0.492 e. The third-order valence-corrected chi connectivity index (χ3v) is 3.37. The SMILES string of the molecule is CCOC(=O)CCC(=O)c1cc(Br)cc2c1OCC2. The monoisotopic (exact) mass is 326 g/mol. The van der Waals surface area contributed by atoms with Gasteiger partial charge in [-0.25, -0.2) is 0 Å². The van der Waals surface area contributed by atoms with Gasteiger partial charge in [-0.15, -0.1) is 0 Å². The summed E-state index contributed by atoms with van der Waals surface area (Å²) in [6.45, 7) is 2.68. The van der Waals surface area contributed by atoms with Crippen molar-refractivity contribution in [2.75, 3.05) is 13.2 Å². The first kappa shape index (κ1) is 14.1. The maximum absolute atomic E-state index is 12.2.